The summed E-state index contributed by atoms with van der Waals surface area (Å²) in [6, 6.07) is 11.8. The Hall–Kier alpha value is -3.29. The van der Waals surface area contributed by atoms with Crippen LogP contribution in [0.4, 0.5) is 10.5 Å². The van der Waals surface area contributed by atoms with Crippen molar-refractivity contribution in [1.29, 1.82) is 0 Å². The Labute approximate surface area is 136 Å². The number of hydrogen-bond donors (Lipinski definition) is 0. The van der Waals surface area contributed by atoms with Gasteiger partial charge in [0.2, 0.25) is 0 Å². The second kappa shape index (κ2) is 5.41. The van der Waals surface area contributed by atoms with Crippen LogP contribution >= 0.6 is 0 Å². The predicted octanol–water partition coefficient (Wildman–Crippen LogP) is 2.37. The van der Waals surface area contributed by atoms with Gasteiger partial charge in [0.05, 0.1) is 10.4 Å². The zero-order valence-corrected chi connectivity index (χ0v) is 12.6. The van der Waals surface area contributed by atoms with Crippen LogP contribution in [0.3, 0.4) is 0 Å². The van der Waals surface area contributed by atoms with E-state index in [2.05, 4.69) is 10.3 Å². The number of hydrogen-bond acceptors (Lipinski definition) is 5. The number of nitro groups is 1. The monoisotopic (exact) mass is 323 g/mol. The van der Waals surface area contributed by atoms with Crippen molar-refractivity contribution in [2.75, 3.05) is 6.54 Å². The molecule has 24 heavy (non-hydrogen) atoms. The average Bonchev–Trinajstić information content (AvgIpc) is 3.04. The largest absolute Gasteiger partial charge is 0.347 e. The van der Waals surface area contributed by atoms with E-state index in [-0.39, 0.29) is 11.7 Å². The second-order valence-electron chi connectivity index (χ2n) is 5.65. The van der Waals surface area contributed by atoms with Crippen LogP contribution in [0.1, 0.15) is 11.1 Å². The van der Waals surface area contributed by atoms with Crippen LogP contribution in [0.25, 0.3) is 11.0 Å². The van der Waals surface area contributed by atoms with Crippen molar-refractivity contribution >= 4 is 22.8 Å². The van der Waals surface area contributed by atoms with Crippen LogP contribution in [-0.2, 0) is 13.0 Å². The summed E-state index contributed by atoms with van der Waals surface area (Å²) >= 11 is 0. The molecular formula is C16H13N5O3. The van der Waals surface area contributed by atoms with E-state index in [1.165, 1.54) is 16.8 Å². The highest BCUT2D eigenvalue weighted by Gasteiger charge is 2.25. The number of benzene rings is 2. The first-order chi connectivity index (χ1) is 11.6. The van der Waals surface area contributed by atoms with Gasteiger partial charge in [0.15, 0.2) is 0 Å². The summed E-state index contributed by atoms with van der Waals surface area (Å²) < 4.78 is 1.28. The molecule has 1 aromatic heterocycles. The minimum atomic E-state index is -0.425. The zero-order valence-electron chi connectivity index (χ0n) is 12.6. The Balaban J connectivity index is 1.65. The van der Waals surface area contributed by atoms with Crippen LogP contribution in [0.5, 0.6) is 0 Å². The summed E-state index contributed by atoms with van der Waals surface area (Å²) in [5, 5.41) is 18.9. The topological polar surface area (TPSA) is 94.2 Å². The molecule has 0 bridgehead atoms. The molecule has 120 valence electrons. The number of carbonyl (C=O) groups excluding carboxylic acids is 1. The van der Waals surface area contributed by atoms with Crippen molar-refractivity contribution in [2.45, 2.75) is 13.0 Å². The summed E-state index contributed by atoms with van der Waals surface area (Å²) in [6.45, 7) is 0.863. The summed E-state index contributed by atoms with van der Waals surface area (Å²) in [4.78, 5) is 24.9. The highest BCUT2D eigenvalue weighted by Crippen LogP contribution is 2.24. The van der Waals surface area contributed by atoms with Gasteiger partial charge in [-0.05, 0) is 29.7 Å². The molecule has 2 aromatic carbocycles. The van der Waals surface area contributed by atoms with Gasteiger partial charge < -0.3 is 4.90 Å². The van der Waals surface area contributed by atoms with Crippen molar-refractivity contribution in [3.63, 3.8) is 0 Å². The van der Waals surface area contributed by atoms with Crippen LogP contribution in [0.15, 0.2) is 42.5 Å². The van der Waals surface area contributed by atoms with Crippen molar-refractivity contribution < 1.29 is 9.72 Å². The highest BCUT2D eigenvalue weighted by atomic mass is 16.6. The maximum atomic E-state index is 12.8. The third-order valence-electron chi connectivity index (χ3n) is 4.22. The van der Waals surface area contributed by atoms with Gasteiger partial charge in [-0.1, -0.05) is 23.4 Å². The van der Waals surface area contributed by atoms with Gasteiger partial charge >= 0.3 is 6.03 Å². The van der Waals surface area contributed by atoms with Crippen LogP contribution < -0.4 is 0 Å². The van der Waals surface area contributed by atoms with Crippen molar-refractivity contribution in [1.82, 2.24) is 19.9 Å². The van der Waals surface area contributed by atoms with Gasteiger partial charge in [0.1, 0.15) is 5.52 Å². The molecule has 0 atom stereocenters. The standard InChI is InChI=1S/C16H13N5O3/c22-16(20-15-4-2-1-3-14(15)17-18-20)19-8-7-11-5-6-13(21(23)24)9-12(11)10-19/h1-6,9H,7-8,10H2. The number of nitrogens with zero attached hydrogens (tertiary/aromatic N) is 5. The van der Waals surface area contributed by atoms with Crippen LogP contribution in [0, 0.1) is 10.1 Å². The van der Waals surface area contributed by atoms with Gasteiger partial charge in [-0.2, -0.15) is 4.68 Å². The minimum absolute atomic E-state index is 0.0363. The second-order valence-corrected chi connectivity index (χ2v) is 5.65. The fourth-order valence-electron chi connectivity index (χ4n) is 2.96. The number of carbonyl (C=O) groups is 1. The number of nitro benzene ring substituents is 1. The first kappa shape index (κ1) is 14.3. The normalized spacial score (nSPS) is 13.8. The van der Waals surface area contributed by atoms with Gasteiger partial charge in [0.25, 0.3) is 5.69 Å². The molecule has 0 spiro atoms. The van der Waals surface area contributed by atoms with E-state index in [9.17, 15) is 14.9 Å². The molecule has 4 rings (SSSR count). The molecular weight excluding hydrogens is 310 g/mol. The molecule has 3 aromatic rings. The summed E-state index contributed by atoms with van der Waals surface area (Å²) in [5.74, 6) is 0. The lowest BCUT2D eigenvalue weighted by molar-refractivity contribution is -0.385. The Morgan fingerprint density at radius 1 is 1.17 bits per heavy atom. The van der Waals surface area contributed by atoms with Gasteiger partial charge in [-0.3, -0.25) is 10.1 Å². The minimum Gasteiger partial charge on any atom is -0.318 e. The lowest BCUT2D eigenvalue weighted by atomic mass is 9.99. The number of rotatable bonds is 1. The maximum Gasteiger partial charge on any atom is 0.347 e. The number of para-hydroxylation sites is 1. The Morgan fingerprint density at radius 3 is 2.83 bits per heavy atom. The molecule has 0 saturated carbocycles. The molecule has 1 aliphatic rings. The molecule has 2 heterocycles. The van der Waals surface area contributed by atoms with Crippen LogP contribution in [-0.4, -0.2) is 37.4 Å². The van der Waals surface area contributed by atoms with E-state index in [0.717, 1.165) is 11.1 Å². The maximum absolute atomic E-state index is 12.8. The molecule has 1 aliphatic heterocycles. The van der Waals surface area contributed by atoms with E-state index in [0.29, 0.717) is 30.5 Å². The summed E-state index contributed by atoms with van der Waals surface area (Å²) in [5.41, 5.74) is 3.17. The van der Waals surface area contributed by atoms with Crippen LogP contribution in [0.2, 0.25) is 0 Å². The number of non-ortho nitro benzene ring substituents is 1. The number of aromatic nitrogens is 3. The smallest absolute Gasteiger partial charge is 0.318 e. The van der Waals surface area contributed by atoms with Gasteiger partial charge in [-0.25, -0.2) is 4.79 Å². The fraction of sp³-hybridized carbons (Fsp3) is 0.188. The molecule has 0 aliphatic carbocycles. The SMILES string of the molecule is O=C(N1CCc2ccc([N+](=O)[O-])cc2C1)n1nnc2ccccc21. The van der Waals surface area contributed by atoms with E-state index in [1.807, 2.05) is 12.1 Å². The van der Waals surface area contributed by atoms with E-state index < -0.39 is 4.92 Å². The Morgan fingerprint density at radius 2 is 2.00 bits per heavy atom. The molecule has 0 unspecified atom stereocenters. The molecule has 0 saturated heterocycles. The fourth-order valence-corrected chi connectivity index (χ4v) is 2.96. The average molecular weight is 323 g/mol. The molecule has 8 nitrogen and oxygen atoms in total. The number of fused-ring (bicyclic) bond motifs is 2. The molecule has 0 N–H and O–H groups in total. The summed E-state index contributed by atoms with van der Waals surface area (Å²) in [6.07, 6.45) is 0.658. The predicted molar refractivity (Wildman–Crippen MR) is 85.5 cm³/mol. The zero-order chi connectivity index (χ0) is 16.7. The molecule has 8 heteroatoms. The van der Waals surface area contributed by atoms with Gasteiger partial charge in [0, 0.05) is 25.2 Å². The Kier molecular flexibility index (Phi) is 3.23. The first-order valence-electron chi connectivity index (χ1n) is 7.49. The third-order valence-corrected chi connectivity index (χ3v) is 4.22. The lowest BCUT2D eigenvalue weighted by Crippen LogP contribution is -2.39. The highest BCUT2D eigenvalue weighted by molar-refractivity contribution is 5.87. The van der Waals surface area contributed by atoms with E-state index in [4.69, 9.17) is 0 Å². The van der Waals surface area contributed by atoms with Crippen molar-refractivity contribution in [3.8, 4) is 0 Å². The molecule has 0 radical (unpaired) electrons. The van der Waals surface area contributed by atoms with Gasteiger partial charge in [-0.15, -0.1) is 5.10 Å². The van der Waals surface area contributed by atoms with Crippen molar-refractivity contribution in [3.05, 3.63) is 63.7 Å². The lowest BCUT2D eigenvalue weighted by Gasteiger charge is -2.28. The molecule has 1 amide bonds. The Bertz CT molecular complexity index is 965. The third kappa shape index (κ3) is 2.28. The van der Waals surface area contributed by atoms with E-state index >= 15 is 0 Å². The number of amides is 1. The quantitative estimate of drug-likeness (QED) is 0.506. The first-order valence-corrected chi connectivity index (χ1v) is 7.49. The van der Waals surface area contributed by atoms with E-state index in [1.54, 1.807) is 23.1 Å². The summed E-state index contributed by atoms with van der Waals surface area (Å²) in [7, 11) is 0. The molecule has 0 fully saturated rings. The van der Waals surface area contributed by atoms with Crippen molar-refractivity contribution in [2.24, 2.45) is 0 Å².